The van der Waals surface area contributed by atoms with Crippen LogP contribution in [0.15, 0.2) is 54.2 Å². The van der Waals surface area contributed by atoms with Crippen LogP contribution in [0.3, 0.4) is 0 Å². The molecule has 1 amide bonds. The third-order valence-electron chi connectivity index (χ3n) is 8.45. The number of unbranched alkanes of at least 4 members (excludes halogenated alkanes) is 11. The molecule has 0 spiro atoms. The average molecular weight is 700 g/mol. The summed E-state index contributed by atoms with van der Waals surface area (Å²) in [5, 5.41) is 0. The van der Waals surface area contributed by atoms with Crippen LogP contribution >= 0.6 is 11.3 Å². The summed E-state index contributed by atoms with van der Waals surface area (Å²) in [5.74, 6) is 1.07. The maximum Gasteiger partial charge on any atom is 0.225 e. The highest BCUT2D eigenvalue weighted by Gasteiger charge is 2.20. The molecular weight excluding hydrogens is 640 g/mol. The van der Waals surface area contributed by atoms with Gasteiger partial charge in [-0.2, -0.15) is 4.57 Å². The lowest BCUT2D eigenvalue weighted by Crippen LogP contribution is -3.00. The molecule has 0 saturated carbocycles. The topological polar surface area (TPSA) is 33.4 Å². The summed E-state index contributed by atoms with van der Waals surface area (Å²) in [4.78, 5) is 15.8. The molecule has 2 aromatic carbocycles. The Labute approximate surface area is 289 Å². The molecule has 0 N–H and O–H groups in total. The van der Waals surface area contributed by atoms with Gasteiger partial charge in [0.15, 0.2) is 12.7 Å². The number of anilines is 1. The van der Waals surface area contributed by atoms with Crippen LogP contribution in [-0.2, 0) is 23.2 Å². The van der Waals surface area contributed by atoms with Gasteiger partial charge in [-0.1, -0.05) is 134 Å². The van der Waals surface area contributed by atoms with E-state index in [-0.39, 0.29) is 28.3 Å². The van der Waals surface area contributed by atoms with Crippen molar-refractivity contribution in [3.63, 3.8) is 0 Å². The van der Waals surface area contributed by atoms with Gasteiger partial charge in [0.1, 0.15) is 5.75 Å². The van der Waals surface area contributed by atoms with E-state index in [0.29, 0.717) is 6.54 Å². The number of halogens is 1. The number of carbonyl (C=O) groups excluding carboxylic acids is 1. The number of hydrogen-bond acceptors (Lipinski definition) is 3. The Morgan fingerprint density at radius 1 is 0.844 bits per heavy atom. The summed E-state index contributed by atoms with van der Waals surface area (Å²) in [6, 6.07) is 15.0. The van der Waals surface area contributed by atoms with Gasteiger partial charge in [0, 0.05) is 24.7 Å². The minimum absolute atomic E-state index is 0. The number of aryl methyl sites for hydroxylation is 1. The van der Waals surface area contributed by atoms with E-state index >= 15 is 0 Å². The van der Waals surface area contributed by atoms with Gasteiger partial charge in [-0.15, -0.1) is 0 Å². The van der Waals surface area contributed by atoms with Crippen molar-refractivity contribution in [2.45, 2.75) is 137 Å². The zero-order valence-corrected chi connectivity index (χ0v) is 31.4. The van der Waals surface area contributed by atoms with Crippen molar-refractivity contribution in [1.29, 1.82) is 0 Å². The van der Waals surface area contributed by atoms with E-state index in [1.165, 1.54) is 92.2 Å². The zero-order chi connectivity index (χ0) is 31.8. The first-order valence-electron chi connectivity index (χ1n) is 17.2. The van der Waals surface area contributed by atoms with Crippen LogP contribution in [0.4, 0.5) is 5.69 Å². The summed E-state index contributed by atoms with van der Waals surface area (Å²) in [5.41, 5.74) is 6.79. The third kappa shape index (κ3) is 14.4. The normalized spacial score (nSPS) is 11.3. The van der Waals surface area contributed by atoms with Crippen LogP contribution in [0.2, 0.25) is 0 Å². The van der Waals surface area contributed by atoms with Crippen molar-refractivity contribution < 1.29 is 31.1 Å². The molecule has 0 aliphatic rings. The van der Waals surface area contributed by atoms with Crippen LogP contribution in [0.1, 0.15) is 133 Å². The van der Waals surface area contributed by atoms with E-state index in [4.69, 9.17) is 4.74 Å². The lowest BCUT2D eigenvalue weighted by atomic mass is 9.85. The molecule has 0 bridgehead atoms. The van der Waals surface area contributed by atoms with E-state index in [9.17, 15) is 4.79 Å². The molecule has 6 heteroatoms. The highest BCUT2D eigenvalue weighted by atomic mass is 79.9. The largest absolute Gasteiger partial charge is 1.00 e. The predicted octanol–water partition coefficient (Wildman–Crippen LogP) is 7.37. The monoisotopic (exact) mass is 698 g/mol. The minimum Gasteiger partial charge on any atom is -1.00 e. The van der Waals surface area contributed by atoms with Crippen molar-refractivity contribution >= 4 is 22.9 Å². The number of hydrogen-bond donors (Lipinski definition) is 0. The van der Waals surface area contributed by atoms with Gasteiger partial charge in [0.2, 0.25) is 11.4 Å². The zero-order valence-electron chi connectivity index (χ0n) is 29.0. The van der Waals surface area contributed by atoms with Crippen LogP contribution in [0, 0.1) is 6.92 Å². The summed E-state index contributed by atoms with van der Waals surface area (Å²) in [6.45, 7) is 15.1. The van der Waals surface area contributed by atoms with E-state index in [0.717, 1.165) is 37.4 Å². The molecule has 45 heavy (non-hydrogen) atoms. The van der Waals surface area contributed by atoms with Gasteiger partial charge in [0.05, 0.1) is 11.5 Å². The lowest BCUT2D eigenvalue weighted by molar-refractivity contribution is -0.683. The van der Waals surface area contributed by atoms with Crippen molar-refractivity contribution in [1.82, 2.24) is 0 Å². The highest BCUT2D eigenvalue weighted by molar-refractivity contribution is 7.09. The van der Waals surface area contributed by atoms with Crippen molar-refractivity contribution in [3.05, 3.63) is 75.7 Å². The Morgan fingerprint density at radius 3 is 1.96 bits per heavy atom. The lowest BCUT2D eigenvalue weighted by Gasteiger charge is -2.25. The molecule has 0 radical (unpaired) electrons. The molecule has 3 rings (SSSR count). The molecule has 4 nitrogen and oxygen atoms in total. The van der Waals surface area contributed by atoms with Gasteiger partial charge in [0.25, 0.3) is 0 Å². The molecule has 0 atom stereocenters. The molecule has 0 saturated heterocycles. The van der Waals surface area contributed by atoms with Crippen molar-refractivity contribution in [2.24, 2.45) is 0 Å². The number of rotatable bonds is 20. The number of nitrogens with zero attached hydrogens (tertiary/aromatic N) is 2. The van der Waals surface area contributed by atoms with Crippen LogP contribution in [0.25, 0.3) is 0 Å². The van der Waals surface area contributed by atoms with E-state index < -0.39 is 0 Å². The Balaban J connectivity index is 0.00000705. The van der Waals surface area contributed by atoms with Crippen LogP contribution in [0.5, 0.6) is 5.75 Å². The molecule has 1 heterocycles. The van der Waals surface area contributed by atoms with E-state index in [1.807, 2.05) is 4.90 Å². The summed E-state index contributed by atoms with van der Waals surface area (Å²) >= 11 is 1.76. The average Bonchev–Trinajstić information content (AvgIpc) is 3.40. The molecule has 1 aromatic heterocycles. The first-order chi connectivity index (χ1) is 21.2. The van der Waals surface area contributed by atoms with Crippen LogP contribution < -0.4 is 31.2 Å². The summed E-state index contributed by atoms with van der Waals surface area (Å²) < 4.78 is 8.54. The second-order valence-electron chi connectivity index (χ2n) is 13.5. The molecule has 0 aliphatic heterocycles. The molecule has 0 unspecified atom stereocenters. The first-order valence-corrected chi connectivity index (χ1v) is 18.1. The SMILES string of the molecule is CCCCCCCCCCCCCCOc1ccc(CCN(C(C)=O)c2ccc(C[n+]3csc(C)c3)cc2)cc1C(C)(C)C.[Br-]. The van der Waals surface area contributed by atoms with E-state index in [1.54, 1.807) is 18.3 Å². The second kappa shape index (κ2) is 20.8. The molecule has 0 fully saturated rings. The van der Waals surface area contributed by atoms with Crippen molar-refractivity contribution in [2.75, 3.05) is 18.1 Å². The molecule has 3 aromatic rings. The van der Waals surface area contributed by atoms with E-state index in [2.05, 4.69) is 93.4 Å². The number of aromatic nitrogens is 1. The fraction of sp³-hybridized carbons (Fsp3) is 0.590. The summed E-state index contributed by atoms with van der Waals surface area (Å²) in [7, 11) is 0. The fourth-order valence-electron chi connectivity index (χ4n) is 5.80. The third-order valence-corrected chi connectivity index (χ3v) is 9.30. The Morgan fingerprint density at radius 2 is 1.42 bits per heavy atom. The highest BCUT2D eigenvalue weighted by Crippen LogP contribution is 2.33. The smallest absolute Gasteiger partial charge is 0.225 e. The molecule has 250 valence electrons. The van der Waals surface area contributed by atoms with Gasteiger partial charge >= 0.3 is 0 Å². The first kappa shape index (κ1) is 39.0. The minimum atomic E-state index is -0.0169. The number of ether oxygens (including phenoxy) is 1. The number of amides is 1. The number of carbonyl (C=O) groups is 1. The summed E-state index contributed by atoms with van der Waals surface area (Å²) in [6.07, 6.45) is 19.2. The van der Waals surface area contributed by atoms with Gasteiger partial charge in [-0.05, 0) is 54.5 Å². The standard InChI is InChI=1S/C39H59N2O2S.BrH/c1-7-8-9-10-11-12-13-14-15-16-17-18-27-43-38-24-21-34(28-37(38)39(4,5)6)25-26-41(33(3)42)36-22-19-35(20-23-36)30-40-29-32(2)44-31-40;/h19-24,28-29,31H,7-18,25-27,30H2,1-6H3;1H/q+1;/p-1. The van der Waals surface area contributed by atoms with Crippen LogP contribution in [-0.4, -0.2) is 19.1 Å². The predicted molar refractivity (Wildman–Crippen MR) is 188 cm³/mol. The number of thiazole rings is 1. The van der Waals surface area contributed by atoms with Gasteiger partial charge < -0.3 is 26.6 Å². The Kier molecular flexibility index (Phi) is 18.1. The number of benzene rings is 2. The van der Waals surface area contributed by atoms with Gasteiger partial charge in [-0.25, -0.2) is 0 Å². The quantitative estimate of drug-likeness (QED) is 0.0913. The van der Waals surface area contributed by atoms with Crippen molar-refractivity contribution in [3.8, 4) is 5.75 Å². The Bertz CT molecular complexity index is 1250. The second-order valence-corrected chi connectivity index (χ2v) is 14.6. The fourth-order valence-corrected chi connectivity index (χ4v) is 6.43. The molecular formula is C39H59BrN2O2S. The maximum atomic E-state index is 12.6. The molecule has 0 aliphatic carbocycles. The van der Waals surface area contributed by atoms with Gasteiger partial charge in [-0.3, -0.25) is 4.79 Å². The Hall–Kier alpha value is -2.18. The maximum absolute atomic E-state index is 12.6.